The number of hydrogen-bond donors (Lipinski definition) is 1. The number of β-amino-alcohol motifs (C(OH)–C–C–N with tert-alkyl or cyclic N) is 1. The average Bonchev–Trinajstić information content (AvgIpc) is 3.03. The summed E-state index contributed by atoms with van der Waals surface area (Å²) in [7, 11) is 4.02. The smallest absolute Gasteiger partial charge is 0.404 e. The summed E-state index contributed by atoms with van der Waals surface area (Å²) in [4.78, 5) is 23.2. The van der Waals surface area contributed by atoms with Crippen LogP contribution in [0.15, 0.2) is 18.3 Å². The Balaban J connectivity index is 1.41. The first-order chi connectivity index (χ1) is 16.8. The van der Waals surface area contributed by atoms with E-state index in [1.165, 1.54) is 11.0 Å². The van der Waals surface area contributed by atoms with Crippen molar-refractivity contribution < 1.29 is 32.2 Å². The van der Waals surface area contributed by atoms with Crippen LogP contribution in [0.3, 0.4) is 0 Å². The molecule has 200 valence electrons. The Labute approximate surface area is 208 Å². The fraction of sp³-hybridized carbons (Fsp3) is 0.760. The molecule has 1 aliphatic heterocycles. The molecule has 7 nitrogen and oxygen atoms in total. The van der Waals surface area contributed by atoms with Gasteiger partial charge < -0.3 is 19.6 Å². The molecule has 1 spiro atoms. The number of aliphatic hydroxyl groups is 1. The van der Waals surface area contributed by atoms with Crippen LogP contribution in [0.1, 0.15) is 57.8 Å². The number of ether oxygens (including phenoxy) is 1. The fourth-order valence-corrected chi connectivity index (χ4v) is 6.95. The Bertz CT molecular complexity index is 977. The molecular weight excluding hydrogens is 480 g/mol. The van der Waals surface area contributed by atoms with E-state index in [-0.39, 0.29) is 29.9 Å². The van der Waals surface area contributed by atoms with Crippen molar-refractivity contribution in [2.45, 2.75) is 87.0 Å². The molecule has 1 saturated heterocycles. The lowest BCUT2D eigenvalue weighted by molar-refractivity contribution is -0.274. The van der Waals surface area contributed by atoms with E-state index < -0.39 is 29.4 Å². The summed E-state index contributed by atoms with van der Waals surface area (Å²) in [6, 6.07) is 2.18. The van der Waals surface area contributed by atoms with Crippen molar-refractivity contribution in [1.29, 1.82) is 0 Å². The number of urea groups is 1. The molecule has 2 heterocycles. The van der Waals surface area contributed by atoms with Gasteiger partial charge in [-0.1, -0.05) is 6.42 Å². The number of pyridine rings is 1. The first-order valence-electron chi connectivity index (χ1n) is 12.7. The topological polar surface area (TPSA) is 69.1 Å². The van der Waals surface area contributed by atoms with E-state index in [2.05, 4.69) is 14.6 Å². The second-order valence-corrected chi connectivity index (χ2v) is 11.5. The molecule has 11 heteroatoms. The van der Waals surface area contributed by atoms with Gasteiger partial charge in [0.1, 0.15) is 17.7 Å². The van der Waals surface area contributed by atoms with Crippen molar-refractivity contribution in [2.24, 2.45) is 5.92 Å². The minimum absolute atomic E-state index is 0.177. The number of aromatic nitrogens is 1. The van der Waals surface area contributed by atoms with Crippen LogP contribution in [0.4, 0.5) is 28.2 Å². The molecule has 5 rings (SSSR count). The zero-order valence-corrected chi connectivity index (χ0v) is 20.7. The van der Waals surface area contributed by atoms with Gasteiger partial charge in [-0.25, -0.2) is 14.2 Å². The molecule has 36 heavy (non-hydrogen) atoms. The lowest BCUT2D eigenvalue weighted by Crippen LogP contribution is -2.73. The van der Waals surface area contributed by atoms with Gasteiger partial charge in [0, 0.05) is 5.54 Å². The zero-order valence-electron chi connectivity index (χ0n) is 20.7. The number of hydrogen-bond acceptors (Lipinski definition) is 5. The lowest BCUT2D eigenvalue weighted by Gasteiger charge is -2.64. The lowest BCUT2D eigenvalue weighted by atomic mass is 9.53. The van der Waals surface area contributed by atoms with Crippen molar-refractivity contribution in [3.63, 3.8) is 0 Å². The SMILES string of the molecule is CN(C)C1(C2CCCC(F)C2)CC2(CN(c3ccc(OC(F)(F)F)cn3)C(=O)N2CC2(O)CCC2)C1. The predicted octanol–water partition coefficient (Wildman–Crippen LogP) is 4.50. The first kappa shape index (κ1) is 25.5. The van der Waals surface area contributed by atoms with E-state index in [1.807, 2.05) is 14.1 Å². The minimum Gasteiger partial charge on any atom is -0.404 e. The molecule has 0 aromatic carbocycles. The average molecular weight is 515 g/mol. The van der Waals surface area contributed by atoms with Crippen molar-refractivity contribution >= 4 is 11.8 Å². The summed E-state index contributed by atoms with van der Waals surface area (Å²) in [5, 5.41) is 11.0. The zero-order chi connectivity index (χ0) is 25.9. The normalized spacial score (nSPS) is 34.2. The third kappa shape index (κ3) is 4.42. The van der Waals surface area contributed by atoms with Gasteiger partial charge >= 0.3 is 12.4 Å². The second kappa shape index (κ2) is 8.72. The number of rotatable bonds is 6. The molecule has 3 aliphatic carbocycles. The second-order valence-electron chi connectivity index (χ2n) is 11.5. The van der Waals surface area contributed by atoms with Gasteiger partial charge in [0.2, 0.25) is 0 Å². The standard InChI is InChI=1S/C25H34F4N4O3/c1-31(2)24(17-5-3-6-18(26)11-17)13-22(14-24)15-32(21(34)33(22)16-23(35)9-4-10-23)20-8-7-19(12-30-20)36-25(27,28)29/h7-8,12,17-18,35H,3-6,9-11,13-16H2,1-2H3. The van der Waals surface area contributed by atoms with Crippen LogP contribution in [-0.4, -0.2) is 82.3 Å². The van der Waals surface area contributed by atoms with E-state index in [0.29, 0.717) is 45.1 Å². The maximum absolute atomic E-state index is 14.4. The molecular formula is C25H34F4N4O3. The highest BCUT2D eigenvalue weighted by molar-refractivity contribution is 5.95. The third-order valence-electron chi connectivity index (χ3n) is 8.99. The number of alkyl halides is 4. The fourth-order valence-electron chi connectivity index (χ4n) is 6.95. The Hall–Kier alpha value is -2.14. The molecule has 1 N–H and O–H groups in total. The molecule has 0 bridgehead atoms. The first-order valence-corrected chi connectivity index (χ1v) is 12.7. The van der Waals surface area contributed by atoms with Crippen molar-refractivity contribution in [2.75, 3.05) is 32.1 Å². The highest BCUT2D eigenvalue weighted by Gasteiger charge is 2.67. The molecule has 4 fully saturated rings. The maximum Gasteiger partial charge on any atom is 0.573 e. The molecule has 3 saturated carbocycles. The van der Waals surface area contributed by atoms with Crippen molar-refractivity contribution in [3.8, 4) is 5.75 Å². The quantitative estimate of drug-likeness (QED) is 0.567. The van der Waals surface area contributed by atoms with Gasteiger partial charge in [0.15, 0.2) is 0 Å². The summed E-state index contributed by atoms with van der Waals surface area (Å²) in [6.07, 6.45) is 1.66. The van der Waals surface area contributed by atoms with Gasteiger partial charge in [-0.3, -0.25) is 4.90 Å². The Morgan fingerprint density at radius 2 is 1.92 bits per heavy atom. The minimum atomic E-state index is -4.83. The maximum atomic E-state index is 14.4. The Kier molecular flexibility index (Phi) is 6.18. The number of amides is 2. The highest BCUT2D eigenvalue weighted by Crippen LogP contribution is 2.58. The van der Waals surface area contributed by atoms with Crippen LogP contribution in [0.2, 0.25) is 0 Å². The van der Waals surface area contributed by atoms with Gasteiger partial charge in [-0.05, 0) is 83.5 Å². The van der Waals surface area contributed by atoms with Gasteiger partial charge in [0.05, 0.1) is 30.4 Å². The number of halogens is 4. The predicted molar refractivity (Wildman–Crippen MR) is 124 cm³/mol. The number of nitrogens with zero attached hydrogens (tertiary/aromatic N) is 4. The molecule has 0 radical (unpaired) electrons. The van der Waals surface area contributed by atoms with Crippen molar-refractivity contribution in [1.82, 2.24) is 14.8 Å². The van der Waals surface area contributed by atoms with Crippen LogP contribution in [0.5, 0.6) is 5.75 Å². The Morgan fingerprint density at radius 1 is 1.19 bits per heavy atom. The van der Waals surface area contributed by atoms with Crippen molar-refractivity contribution in [3.05, 3.63) is 18.3 Å². The van der Waals surface area contributed by atoms with E-state index in [4.69, 9.17) is 0 Å². The number of anilines is 1. The number of carbonyl (C=O) groups excluding carboxylic acids is 1. The van der Waals surface area contributed by atoms with E-state index >= 15 is 0 Å². The molecule has 2 atom stereocenters. The third-order valence-corrected chi connectivity index (χ3v) is 8.99. The van der Waals surface area contributed by atoms with Crippen LogP contribution in [0, 0.1) is 5.92 Å². The monoisotopic (exact) mass is 514 g/mol. The summed E-state index contributed by atoms with van der Waals surface area (Å²) < 4.78 is 55.9. The van der Waals surface area contributed by atoms with Crippen LogP contribution < -0.4 is 9.64 Å². The van der Waals surface area contributed by atoms with Gasteiger partial charge in [-0.15, -0.1) is 13.2 Å². The summed E-state index contributed by atoms with van der Waals surface area (Å²) >= 11 is 0. The van der Waals surface area contributed by atoms with Crippen LogP contribution in [0.25, 0.3) is 0 Å². The number of carbonyl (C=O) groups is 1. The summed E-state index contributed by atoms with van der Waals surface area (Å²) in [5.74, 6) is -0.0426. The largest absolute Gasteiger partial charge is 0.573 e. The highest BCUT2D eigenvalue weighted by atomic mass is 19.4. The van der Waals surface area contributed by atoms with E-state index in [0.717, 1.165) is 31.5 Å². The molecule has 2 unspecified atom stereocenters. The molecule has 1 aromatic rings. The van der Waals surface area contributed by atoms with E-state index in [1.54, 1.807) is 4.90 Å². The molecule has 2 amide bonds. The summed E-state index contributed by atoms with van der Waals surface area (Å²) in [6.45, 7) is 0.521. The van der Waals surface area contributed by atoms with E-state index in [9.17, 15) is 27.5 Å². The van der Waals surface area contributed by atoms with Gasteiger partial charge in [0.25, 0.3) is 0 Å². The van der Waals surface area contributed by atoms with Crippen LogP contribution >= 0.6 is 0 Å². The molecule has 1 aromatic heterocycles. The van der Waals surface area contributed by atoms with Crippen LogP contribution in [-0.2, 0) is 0 Å². The summed E-state index contributed by atoms with van der Waals surface area (Å²) in [5.41, 5.74) is -1.74. The van der Waals surface area contributed by atoms with Gasteiger partial charge in [-0.2, -0.15) is 0 Å². The Morgan fingerprint density at radius 3 is 2.44 bits per heavy atom. The molecule has 4 aliphatic rings.